The summed E-state index contributed by atoms with van der Waals surface area (Å²) in [5.74, 6) is -0.288. The normalized spacial score (nSPS) is 43.6. The molecule has 0 unspecified atom stereocenters. The van der Waals surface area contributed by atoms with E-state index < -0.39 is 17.4 Å². The maximum absolute atomic E-state index is 12.9. The minimum Gasteiger partial charge on any atom is -0.481 e. The molecule has 8 atom stereocenters. The number of hydrogen-bond donors (Lipinski definition) is 1. The van der Waals surface area contributed by atoms with E-state index in [0.717, 1.165) is 69.9 Å². The van der Waals surface area contributed by atoms with Crippen molar-refractivity contribution in [3.8, 4) is 0 Å². The third-order valence-corrected chi connectivity index (χ3v) is 16.5. The van der Waals surface area contributed by atoms with Gasteiger partial charge in [0.2, 0.25) is 5.91 Å². The second-order valence-corrected chi connectivity index (χ2v) is 19.4. The predicted molar refractivity (Wildman–Crippen MR) is 186 cm³/mol. The van der Waals surface area contributed by atoms with Crippen molar-refractivity contribution in [1.82, 2.24) is 4.90 Å². The predicted octanol–water partition coefficient (Wildman–Crippen LogP) is 8.41. The monoisotopic (exact) mass is 670 g/mol. The quantitative estimate of drug-likeness (QED) is 0.136. The highest BCUT2D eigenvalue weighted by Gasteiger charge is 2.69. The molecule has 1 saturated heterocycles. The first-order valence-electron chi connectivity index (χ1n) is 17.6. The van der Waals surface area contributed by atoms with Gasteiger partial charge in [0.25, 0.3) is 0 Å². The Morgan fingerprint density at radius 1 is 1.04 bits per heavy atom. The van der Waals surface area contributed by atoms with Crippen LogP contribution in [0.15, 0.2) is 16.8 Å². The van der Waals surface area contributed by atoms with Gasteiger partial charge in [-0.15, -0.1) is 0 Å². The van der Waals surface area contributed by atoms with Crippen molar-refractivity contribution < 1.29 is 24.3 Å². The zero-order chi connectivity index (χ0) is 33.7. The number of amides is 1. The molecule has 7 nitrogen and oxygen atoms in total. The molecule has 6 rings (SSSR count). The highest BCUT2D eigenvalue weighted by Crippen LogP contribution is 2.75. The van der Waals surface area contributed by atoms with Crippen LogP contribution in [0.1, 0.15) is 126 Å². The summed E-state index contributed by atoms with van der Waals surface area (Å²) in [6.07, 6.45) is 12.6. The minimum absolute atomic E-state index is 0.0162. The van der Waals surface area contributed by atoms with Gasteiger partial charge in [0.1, 0.15) is 10.9 Å². The molecule has 1 N–H and O–H groups in total. The van der Waals surface area contributed by atoms with Gasteiger partial charge in [-0.05, 0) is 110 Å². The molecule has 9 heteroatoms. The molecule has 5 fully saturated rings. The SMILES string of the molecule is CC[C@@H]1SC(=S)N(CC(=O)O/N=C2/CC[C@@]3(C)[C@H](CC[C@]4(C)[C@H]3CC=C3[C@@H]5CC(C)(C)CC[C@]5(C(=O)O)CC[C@]34C)C2(C)C)C1=O. The molecule has 1 amide bonds. The van der Waals surface area contributed by atoms with Crippen LogP contribution < -0.4 is 0 Å². The number of hydrogen-bond acceptors (Lipinski definition) is 7. The average Bonchev–Trinajstić information content (AvgIpc) is 3.24. The molecule has 0 aromatic rings. The van der Waals surface area contributed by atoms with Crippen LogP contribution in [0.3, 0.4) is 0 Å². The standard InChI is InChI=1S/C37H54N2O5S2/c1-9-24-29(41)39(31(45)46-24)21-28(40)44-38-27-13-14-34(6)25(33(27,4)5)12-15-36(8)26(34)11-10-22-23-20-32(2,3)16-18-37(23,30(42)43)19-17-35(22,36)7/h10,23-26H,9,11-21H2,1-8H3,(H,42,43)/b38-27-/t23-,24-,25+,26-,34-,35+,36+,37-/m0/s1. The average molecular weight is 671 g/mol. The molecule has 0 spiro atoms. The zero-order valence-electron chi connectivity index (χ0n) is 29.2. The Kier molecular flexibility index (Phi) is 8.27. The summed E-state index contributed by atoms with van der Waals surface area (Å²) in [7, 11) is 0. The summed E-state index contributed by atoms with van der Waals surface area (Å²) >= 11 is 6.69. The first-order chi connectivity index (χ1) is 21.4. The van der Waals surface area contributed by atoms with Crippen LogP contribution in [0.5, 0.6) is 0 Å². The van der Waals surface area contributed by atoms with Gasteiger partial charge in [0.15, 0.2) is 0 Å². The maximum Gasteiger partial charge on any atom is 0.354 e. The number of carboxylic acid groups (broad SMARTS) is 1. The molecule has 0 aromatic heterocycles. The number of allylic oxidation sites excluding steroid dienone is 2. The van der Waals surface area contributed by atoms with Crippen LogP contribution in [-0.4, -0.2) is 49.7 Å². The summed E-state index contributed by atoms with van der Waals surface area (Å²) in [6, 6.07) is 0. The number of aliphatic carboxylic acids is 1. The maximum atomic E-state index is 12.9. The van der Waals surface area contributed by atoms with E-state index in [0.29, 0.717) is 22.6 Å². The first-order valence-corrected chi connectivity index (χ1v) is 18.9. The van der Waals surface area contributed by atoms with E-state index in [1.54, 1.807) is 0 Å². The highest BCUT2D eigenvalue weighted by molar-refractivity contribution is 8.24. The Labute approximate surface area is 285 Å². The van der Waals surface area contributed by atoms with E-state index in [-0.39, 0.29) is 50.7 Å². The molecule has 6 aliphatic rings. The number of nitrogens with zero attached hydrogens (tertiary/aromatic N) is 2. The van der Waals surface area contributed by atoms with Crippen LogP contribution >= 0.6 is 24.0 Å². The van der Waals surface area contributed by atoms with Crippen LogP contribution in [0.2, 0.25) is 0 Å². The highest BCUT2D eigenvalue weighted by atomic mass is 32.2. The van der Waals surface area contributed by atoms with E-state index in [2.05, 4.69) is 59.7 Å². The van der Waals surface area contributed by atoms with Crippen LogP contribution in [0, 0.1) is 50.2 Å². The molecule has 1 aliphatic heterocycles. The molecule has 46 heavy (non-hydrogen) atoms. The molecular weight excluding hydrogens is 617 g/mol. The number of thioether (sulfide) groups is 1. The summed E-state index contributed by atoms with van der Waals surface area (Å²) in [5, 5.41) is 14.9. The lowest BCUT2D eigenvalue weighted by Gasteiger charge is -2.70. The largest absolute Gasteiger partial charge is 0.481 e. The van der Waals surface area contributed by atoms with Gasteiger partial charge in [-0.1, -0.05) is 96.2 Å². The fraction of sp³-hybridized carbons (Fsp3) is 0.811. The molecule has 0 bridgehead atoms. The zero-order valence-corrected chi connectivity index (χ0v) is 30.8. The van der Waals surface area contributed by atoms with Crippen LogP contribution in [0.25, 0.3) is 0 Å². The topological polar surface area (TPSA) is 96.3 Å². The first kappa shape index (κ1) is 34.1. The molecule has 254 valence electrons. The van der Waals surface area contributed by atoms with Gasteiger partial charge in [-0.2, -0.15) is 0 Å². The number of carbonyl (C=O) groups excluding carboxylic acids is 2. The molecular formula is C37H54N2O5S2. The number of carbonyl (C=O) groups is 3. The van der Waals surface area contributed by atoms with Crippen molar-refractivity contribution in [2.75, 3.05) is 6.54 Å². The van der Waals surface area contributed by atoms with Gasteiger partial charge < -0.3 is 9.94 Å². The van der Waals surface area contributed by atoms with Crippen LogP contribution in [0.4, 0.5) is 0 Å². The van der Waals surface area contributed by atoms with Gasteiger partial charge in [0.05, 0.1) is 16.4 Å². The third kappa shape index (κ3) is 4.81. The Bertz CT molecular complexity index is 1420. The number of thiocarbonyl (C=S) groups is 1. The van der Waals surface area contributed by atoms with Crippen LogP contribution in [-0.2, 0) is 19.2 Å². The summed E-state index contributed by atoms with van der Waals surface area (Å²) in [6.45, 7) is 18.5. The Hall–Kier alpha value is -1.74. The van der Waals surface area contributed by atoms with E-state index in [1.807, 2.05) is 6.92 Å². The lowest BCUT2D eigenvalue weighted by molar-refractivity contribution is -0.179. The Balaban J connectivity index is 1.24. The molecule has 0 aromatic carbocycles. The fourth-order valence-electron chi connectivity index (χ4n) is 11.8. The van der Waals surface area contributed by atoms with E-state index in [9.17, 15) is 19.5 Å². The number of oxime groups is 1. The van der Waals surface area contributed by atoms with Gasteiger partial charge in [-0.25, -0.2) is 4.79 Å². The van der Waals surface area contributed by atoms with Gasteiger partial charge >= 0.3 is 11.9 Å². The number of fused-ring (bicyclic) bond motifs is 7. The van der Waals surface area contributed by atoms with Gasteiger partial charge in [0, 0.05) is 5.41 Å². The lowest BCUT2D eigenvalue weighted by atomic mass is 9.33. The second kappa shape index (κ2) is 11.1. The molecule has 5 aliphatic carbocycles. The van der Waals surface area contributed by atoms with E-state index in [4.69, 9.17) is 17.1 Å². The summed E-state index contributed by atoms with van der Waals surface area (Å²) < 4.78 is 0.428. The van der Waals surface area contributed by atoms with Gasteiger partial charge in [-0.3, -0.25) is 14.5 Å². The van der Waals surface area contributed by atoms with Crippen molar-refractivity contribution in [3.63, 3.8) is 0 Å². The van der Waals surface area contributed by atoms with Crippen molar-refractivity contribution in [2.45, 2.75) is 131 Å². The van der Waals surface area contributed by atoms with Crippen molar-refractivity contribution in [2.24, 2.45) is 55.4 Å². The third-order valence-electron chi connectivity index (χ3n) is 14.8. The lowest BCUT2D eigenvalue weighted by Crippen LogP contribution is -2.64. The van der Waals surface area contributed by atoms with Crippen molar-refractivity contribution >= 4 is 51.9 Å². The van der Waals surface area contributed by atoms with E-state index >= 15 is 0 Å². The molecule has 4 saturated carbocycles. The molecule has 1 heterocycles. The second-order valence-electron chi connectivity index (χ2n) is 17.6. The number of rotatable bonds is 5. The Morgan fingerprint density at radius 2 is 1.74 bits per heavy atom. The van der Waals surface area contributed by atoms with Crippen molar-refractivity contribution in [3.05, 3.63) is 11.6 Å². The smallest absolute Gasteiger partial charge is 0.354 e. The summed E-state index contributed by atoms with van der Waals surface area (Å²) in [4.78, 5) is 45.3. The molecule has 0 radical (unpaired) electrons. The fourth-order valence-corrected chi connectivity index (χ4v) is 13.2. The Morgan fingerprint density at radius 3 is 2.39 bits per heavy atom. The van der Waals surface area contributed by atoms with Crippen molar-refractivity contribution in [1.29, 1.82) is 0 Å². The van der Waals surface area contributed by atoms with E-state index in [1.165, 1.54) is 22.2 Å². The number of carboxylic acids is 1. The summed E-state index contributed by atoms with van der Waals surface area (Å²) in [5.41, 5.74) is 1.82. The minimum atomic E-state index is -0.621.